The van der Waals surface area contributed by atoms with Gasteiger partial charge in [-0.05, 0) is 25.8 Å². The Balaban J connectivity index is 1.67. The lowest BCUT2D eigenvalue weighted by Crippen LogP contribution is -2.20. The van der Waals surface area contributed by atoms with E-state index < -0.39 is 0 Å². The van der Waals surface area contributed by atoms with Crippen LogP contribution in [0.3, 0.4) is 0 Å². The first-order valence-electron chi connectivity index (χ1n) is 9.97. The highest BCUT2D eigenvalue weighted by atomic mass is 16.6. The van der Waals surface area contributed by atoms with Crippen molar-refractivity contribution < 1.29 is 14.2 Å². The van der Waals surface area contributed by atoms with Crippen LogP contribution in [-0.2, 0) is 7.05 Å². The minimum atomic E-state index is 0.536. The molecule has 29 heavy (non-hydrogen) atoms. The van der Waals surface area contributed by atoms with Crippen LogP contribution in [0.1, 0.15) is 18.5 Å². The van der Waals surface area contributed by atoms with Gasteiger partial charge in [0.05, 0.1) is 18.4 Å². The largest absolute Gasteiger partial charge is 0.496 e. The molecule has 5 rings (SSSR count). The average Bonchev–Trinajstić information content (AvgIpc) is 3.48. The molecule has 152 valence electrons. The molecule has 2 aliphatic heterocycles. The van der Waals surface area contributed by atoms with Crippen molar-refractivity contribution in [3.8, 4) is 34.3 Å². The Kier molecular flexibility index (Phi) is 4.34. The zero-order valence-electron chi connectivity index (χ0n) is 17.0. The topological polar surface area (TPSA) is 66.6 Å². The third kappa shape index (κ3) is 2.90. The second-order valence-corrected chi connectivity index (χ2v) is 7.39. The van der Waals surface area contributed by atoms with Gasteiger partial charge in [-0.15, -0.1) is 0 Å². The van der Waals surface area contributed by atoms with Gasteiger partial charge in [0.25, 0.3) is 0 Å². The molecule has 2 aliphatic rings. The van der Waals surface area contributed by atoms with E-state index in [9.17, 15) is 0 Å². The number of rotatable bonds is 4. The number of imidazole rings is 1. The molecule has 0 N–H and O–H groups in total. The summed E-state index contributed by atoms with van der Waals surface area (Å²) in [5.41, 5.74) is 3.00. The molecule has 0 unspecified atom stereocenters. The zero-order chi connectivity index (χ0) is 20.0. The Morgan fingerprint density at radius 2 is 1.79 bits per heavy atom. The maximum atomic E-state index is 5.80. The minimum Gasteiger partial charge on any atom is -0.496 e. The van der Waals surface area contributed by atoms with E-state index in [1.807, 2.05) is 36.3 Å². The van der Waals surface area contributed by atoms with Gasteiger partial charge in [-0.1, -0.05) is 0 Å². The predicted octanol–water partition coefficient (Wildman–Crippen LogP) is 2.96. The molecule has 0 aliphatic carbocycles. The van der Waals surface area contributed by atoms with Crippen LogP contribution in [-0.4, -0.2) is 52.7 Å². The number of aryl methyl sites for hydroxylation is 1. The highest BCUT2D eigenvalue weighted by molar-refractivity contribution is 5.73. The number of aromatic nitrogens is 4. The second-order valence-electron chi connectivity index (χ2n) is 7.39. The van der Waals surface area contributed by atoms with Crippen molar-refractivity contribution in [2.45, 2.75) is 19.8 Å². The molecule has 0 amide bonds. The Morgan fingerprint density at radius 3 is 2.52 bits per heavy atom. The molecule has 0 atom stereocenters. The van der Waals surface area contributed by atoms with E-state index in [1.54, 1.807) is 7.11 Å². The molecular formula is C21H25N5O3. The number of anilines is 1. The van der Waals surface area contributed by atoms with E-state index in [0.29, 0.717) is 30.5 Å². The summed E-state index contributed by atoms with van der Waals surface area (Å²) >= 11 is 0. The molecule has 4 heterocycles. The first-order chi connectivity index (χ1) is 14.2. The van der Waals surface area contributed by atoms with Crippen molar-refractivity contribution in [1.82, 2.24) is 19.3 Å². The van der Waals surface area contributed by atoms with E-state index in [4.69, 9.17) is 19.3 Å². The molecule has 8 heteroatoms. The lowest BCUT2D eigenvalue weighted by atomic mass is 10.1. The summed E-state index contributed by atoms with van der Waals surface area (Å²) < 4.78 is 21.2. The molecule has 0 spiro atoms. The number of hydrogen-bond donors (Lipinski definition) is 0. The highest BCUT2D eigenvalue weighted by Crippen LogP contribution is 2.42. The van der Waals surface area contributed by atoms with Crippen LogP contribution in [0, 0.1) is 6.92 Å². The monoisotopic (exact) mass is 395 g/mol. The molecule has 2 aromatic heterocycles. The summed E-state index contributed by atoms with van der Waals surface area (Å²) in [6, 6.07) is 3.83. The van der Waals surface area contributed by atoms with Gasteiger partial charge in [0, 0.05) is 38.6 Å². The van der Waals surface area contributed by atoms with E-state index in [0.717, 1.165) is 41.7 Å². The quantitative estimate of drug-likeness (QED) is 0.677. The van der Waals surface area contributed by atoms with Crippen LogP contribution in [0.15, 0.2) is 24.5 Å². The van der Waals surface area contributed by atoms with Crippen molar-refractivity contribution in [2.24, 2.45) is 7.05 Å². The first-order valence-corrected chi connectivity index (χ1v) is 9.97. The number of nitrogens with zero attached hydrogens (tertiary/aromatic N) is 5. The van der Waals surface area contributed by atoms with Crippen molar-refractivity contribution >= 4 is 5.82 Å². The predicted molar refractivity (Wildman–Crippen MR) is 109 cm³/mol. The summed E-state index contributed by atoms with van der Waals surface area (Å²) in [5.74, 6) is 3.90. The van der Waals surface area contributed by atoms with Gasteiger partial charge in [0.15, 0.2) is 17.3 Å². The van der Waals surface area contributed by atoms with Crippen LogP contribution in [0.5, 0.6) is 17.2 Å². The highest BCUT2D eigenvalue weighted by Gasteiger charge is 2.26. The van der Waals surface area contributed by atoms with Gasteiger partial charge in [0.1, 0.15) is 30.5 Å². The van der Waals surface area contributed by atoms with E-state index >= 15 is 0 Å². The number of hydrogen-bond acceptors (Lipinski definition) is 6. The molecule has 1 fully saturated rings. The molecule has 1 aromatic carbocycles. The van der Waals surface area contributed by atoms with Crippen molar-refractivity contribution in [3.05, 3.63) is 30.2 Å². The van der Waals surface area contributed by atoms with Crippen LogP contribution in [0.25, 0.3) is 17.1 Å². The van der Waals surface area contributed by atoms with Crippen LogP contribution >= 0.6 is 0 Å². The van der Waals surface area contributed by atoms with Crippen molar-refractivity contribution in [3.63, 3.8) is 0 Å². The summed E-state index contributed by atoms with van der Waals surface area (Å²) in [4.78, 5) is 7.02. The number of benzene rings is 1. The molecule has 0 radical (unpaired) electrons. The van der Waals surface area contributed by atoms with Crippen molar-refractivity contribution in [1.29, 1.82) is 0 Å². The lowest BCUT2D eigenvalue weighted by molar-refractivity contribution is 0.171. The average molecular weight is 395 g/mol. The summed E-state index contributed by atoms with van der Waals surface area (Å²) in [5, 5.41) is 4.81. The second kappa shape index (κ2) is 7.02. The van der Waals surface area contributed by atoms with Crippen LogP contribution in [0.4, 0.5) is 5.82 Å². The lowest BCUT2D eigenvalue weighted by Gasteiger charge is -2.21. The maximum Gasteiger partial charge on any atom is 0.175 e. The smallest absolute Gasteiger partial charge is 0.175 e. The minimum absolute atomic E-state index is 0.536. The Bertz CT molecular complexity index is 1050. The third-order valence-electron chi connectivity index (χ3n) is 5.68. The fraction of sp³-hybridized carbons (Fsp3) is 0.429. The maximum absolute atomic E-state index is 5.80. The third-order valence-corrected chi connectivity index (χ3v) is 5.68. The SMILES string of the molecule is COc1cc2c(cc1-c1nccn1-c1c(N3CCCC3)nn(C)c1C)OCCO2. The number of ether oxygens (including phenoxy) is 3. The number of methoxy groups -OCH3 is 1. The zero-order valence-corrected chi connectivity index (χ0v) is 17.0. The molecule has 3 aromatic rings. The molecule has 1 saturated heterocycles. The van der Waals surface area contributed by atoms with E-state index in [-0.39, 0.29) is 0 Å². The molecule has 8 nitrogen and oxygen atoms in total. The molecular weight excluding hydrogens is 370 g/mol. The number of fused-ring (bicyclic) bond motifs is 1. The van der Waals surface area contributed by atoms with E-state index in [1.165, 1.54) is 12.8 Å². The fourth-order valence-electron chi connectivity index (χ4n) is 4.10. The van der Waals surface area contributed by atoms with Crippen LogP contribution in [0.2, 0.25) is 0 Å². The standard InChI is InChI=1S/C21H25N5O3/c1-14-19(21(23-24(14)2)25-7-4-5-8-25)26-9-6-22-20(26)15-12-17-18(13-16(15)27-3)29-11-10-28-17/h6,9,12-13H,4-5,7-8,10-11H2,1-3H3. The Labute approximate surface area is 169 Å². The fourth-order valence-corrected chi connectivity index (χ4v) is 4.10. The van der Waals surface area contributed by atoms with Gasteiger partial charge < -0.3 is 19.1 Å². The van der Waals surface area contributed by atoms with Crippen LogP contribution < -0.4 is 19.1 Å². The molecule has 0 bridgehead atoms. The van der Waals surface area contributed by atoms with Gasteiger partial charge in [-0.2, -0.15) is 5.10 Å². The molecule has 0 saturated carbocycles. The summed E-state index contributed by atoms with van der Waals surface area (Å²) in [7, 11) is 3.65. The normalized spacial score (nSPS) is 15.8. The summed E-state index contributed by atoms with van der Waals surface area (Å²) in [6.45, 7) is 5.22. The Morgan fingerprint density at radius 1 is 1.07 bits per heavy atom. The Hall–Kier alpha value is -3.16. The van der Waals surface area contributed by atoms with Gasteiger partial charge in [0.2, 0.25) is 0 Å². The van der Waals surface area contributed by atoms with Gasteiger partial charge in [-0.25, -0.2) is 4.98 Å². The van der Waals surface area contributed by atoms with E-state index in [2.05, 4.69) is 21.4 Å². The van der Waals surface area contributed by atoms with Crippen molar-refractivity contribution in [2.75, 3.05) is 38.3 Å². The van der Waals surface area contributed by atoms with Gasteiger partial charge in [-0.3, -0.25) is 9.25 Å². The first kappa shape index (κ1) is 17.9. The summed E-state index contributed by atoms with van der Waals surface area (Å²) in [6.07, 6.45) is 6.19. The van der Waals surface area contributed by atoms with Gasteiger partial charge >= 0.3 is 0 Å².